The minimum atomic E-state index is -0.236. The SMILES string of the molecule is COc1ccc(Br)c(CNC(C)C(=O)NC(C)C)c1. The summed E-state index contributed by atoms with van der Waals surface area (Å²) in [7, 11) is 1.64. The van der Waals surface area contributed by atoms with Gasteiger partial charge >= 0.3 is 0 Å². The van der Waals surface area contributed by atoms with Crippen molar-refractivity contribution in [3.8, 4) is 5.75 Å². The van der Waals surface area contributed by atoms with Crippen LogP contribution in [0.4, 0.5) is 0 Å². The molecule has 1 atom stereocenters. The Hall–Kier alpha value is -1.07. The van der Waals surface area contributed by atoms with E-state index in [-0.39, 0.29) is 18.0 Å². The average Bonchev–Trinajstić information content (AvgIpc) is 2.36. The molecule has 106 valence electrons. The molecule has 0 fully saturated rings. The molecule has 0 heterocycles. The Morgan fingerprint density at radius 3 is 2.63 bits per heavy atom. The second kappa shape index (κ2) is 7.50. The van der Waals surface area contributed by atoms with Crippen molar-refractivity contribution >= 4 is 21.8 Å². The number of amides is 1. The topological polar surface area (TPSA) is 50.4 Å². The number of rotatable bonds is 6. The lowest BCUT2D eigenvalue weighted by molar-refractivity contribution is -0.123. The average molecular weight is 329 g/mol. The van der Waals surface area contributed by atoms with Crippen molar-refractivity contribution in [2.45, 2.75) is 39.4 Å². The van der Waals surface area contributed by atoms with E-state index in [9.17, 15) is 4.79 Å². The molecule has 2 N–H and O–H groups in total. The predicted octanol–water partition coefficient (Wildman–Crippen LogP) is 2.46. The quantitative estimate of drug-likeness (QED) is 0.843. The van der Waals surface area contributed by atoms with Gasteiger partial charge in [0.25, 0.3) is 0 Å². The van der Waals surface area contributed by atoms with Gasteiger partial charge < -0.3 is 15.4 Å². The minimum Gasteiger partial charge on any atom is -0.497 e. The third-order valence-corrected chi connectivity index (χ3v) is 3.45. The number of benzene rings is 1. The third-order valence-electron chi connectivity index (χ3n) is 2.68. The number of carbonyl (C=O) groups is 1. The zero-order valence-electron chi connectivity index (χ0n) is 11.8. The van der Waals surface area contributed by atoms with E-state index in [0.717, 1.165) is 15.8 Å². The lowest BCUT2D eigenvalue weighted by atomic mass is 10.2. The number of methoxy groups -OCH3 is 1. The zero-order chi connectivity index (χ0) is 14.4. The van der Waals surface area contributed by atoms with Crippen LogP contribution in [0.2, 0.25) is 0 Å². The first-order valence-electron chi connectivity index (χ1n) is 6.30. The van der Waals surface area contributed by atoms with E-state index in [0.29, 0.717) is 6.54 Å². The molecule has 4 nitrogen and oxygen atoms in total. The van der Waals surface area contributed by atoms with Gasteiger partial charge in [0, 0.05) is 17.1 Å². The molecular formula is C14H21BrN2O2. The van der Waals surface area contributed by atoms with Crippen molar-refractivity contribution in [1.82, 2.24) is 10.6 Å². The van der Waals surface area contributed by atoms with Crippen LogP contribution in [0.15, 0.2) is 22.7 Å². The first kappa shape index (κ1) is 16.0. The van der Waals surface area contributed by atoms with E-state index < -0.39 is 0 Å². The molecule has 1 aromatic carbocycles. The molecule has 1 amide bonds. The van der Waals surface area contributed by atoms with Gasteiger partial charge in [-0.05, 0) is 44.5 Å². The van der Waals surface area contributed by atoms with Crippen LogP contribution < -0.4 is 15.4 Å². The van der Waals surface area contributed by atoms with E-state index in [4.69, 9.17) is 4.74 Å². The molecule has 0 aliphatic rings. The van der Waals surface area contributed by atoms with Crippen molar-refractivity contribution in [3.05, 3.63) is 28.2 Å². The molecule has 1 unspecified atom stereocenters. The monoisotopic (exact) mass is 328 g/mol. The van der Waals surface area contributed by atoms with Gasteiger partial charge in [0.05, 0.1) is 13.2 Å². The summed E-state index contributed by atoms with van der Waals surface area (Å²) in [6, 6.07) is 5.70. The lowest BCUT2D eigenvalue weighted by Gasteiger charge is -2.16. The zero-order valence-corrected chi connectivity index (χ0v) is 13.4. The van der Waals surface area contributed by atoms with Gasteiger partial charge in [-0.1, -0.05) is 15.9 Å². The van der Waals surface area contributed by atoms with Crippen LogP contribution in [0, 0.1) is 0 Å². The molecule has 1 rings (SSSR count). The predicted molar refractivity (Wildman–Crippen MR) is 80.3 cm³/mol. The molecule has 0 bridgehead atoms. The van der Waals surface area contributed by atoms with E-state index >= 15 is 0 Å². The molecule has 0 saturated heterocycles. The summed E-state index contributed by atoms with van der Waals surface area (Å²) in [6.07, 6.45) is 0. The van der Waals surface area contributed by atoms with Gasteiger partial charge in [-0.25, -0.2) is 0 Å². The van der Waals surface area contributed by atoms with Crippen LogP contribution in [0.3, 0.4) is 0 Å². The van der Waals surface area contributed by atoms with E-state index in [1.165, 1.54) is 0 Å². The number of ether oxygens (including phenoxy) is 1. The summed E-state index contributed by atoms with van der Waals surface area (Å²) in [6.45, 7) is 6.35. The molecule has 0 saturated carbocycles. The summed E-state index contributed by atoms with van der Waals surface area (Å²) in [5.74, 6) is 0.813. The fraction of sp³-hybridized carbons (Fsp3) is 0.500. The maximum absolute atomic E-state index is 11.8. The van der Waals surface area contributed by atoms with Crippen LogP contribution in [0.1, 0.15) is 26.3 Å². The number of halogens is 1. The van der Waals surface area contributed by atoms with Crippen LogP contribution in [0.25, 0.3) is 0 Å². The molecule has 0 aromatic heterocycles. The highest BCUT2D eigenvalue weighted by Crippen LogP contribution is 2.22. The smallest absolute Gasteiger partial charge is 0.237 e. The molecule has 5 heteroatoms. The third kappa shape index (κ3) is 5.20. The fourth-order valence-electron chi connectivity index (χ4n) is 1.58. The normalized spacial score (nSPS) is 12.3. The largest absolute Gasteiger partial charge is 0.497 e. The Labute approximate surface area is 123 Å². The molecule has 19 heavy (non-hydrogen) atoms. The first-order chi connectivity index (χ1) is 8.93. The summed E-state index contributed by atoms with van der Waals surface area (Å²) >= 11 is 3.49. The Kier molecular flexibility index (Phi) is 6.31. The van der Waals surface area contributed by atoms with Crippen LogP contribution >= 0.6 is 15.9 Å². The number of carbonyl (C=O) groups excluding carboxylic acids is 1. The highest BCUT2D eigenvalue weighted by atomic mass is 79.9. The standard InChI is InChI=1S/C14H21BrN2O2/c1-9(2)17-14(18)10(3)16-8-11-7-12(19-4)5-6-13(11)15/h5-7,9-10,16H,8H2,1-4H3,(H,17,18). The maximum atomic E-state index is 11.8. The van der Waals surface area contributed by atoms with Gasteiger partial charge in [-0.15, -0.1) is 0 Å². The Morgan fingerprint density at radius 1 is 1.37 bits per heavy atom. The second-order valence-corrected chi connectivity index (χ2v) is 5.58. The van der Waals surface area contributed by atoms with Gasteiger partial charge in [0.2, 0.25) is 5.91 Å². The van der Waals surface area contributed by atoms with Crippen LogP contribution in [-0.2, 0) is 11.3 Å². The molecule has 0 aliphatic carbocycles. The summed E-state index contributed by atoms with van der Waals surface area (Å²) in [5, 5.41) is 6.08. The van der Waals surface area contributed by atoms with E-state index in [2.05, 4.69) is 26.6 Å². The number of hydrogen-bond acceptors (Lipinski definition) is 3. The maximum Gasteiger partial charge on any atom is 0.237 e. The molecule has 1 aromatic rings. The van der Waals surface area contributed by atoms with Crippen molar-refractivity contribution in [2.24, 2.45) is 0 Å². The van der Waals surface area contributed by atoms with E-state index in [1.807, 2.05) is 39.0 Å². The van der Waals surface area contributed by atoms with Crippen LogP contribution in [-0.4, -0.2) is 25.1 Å². The van der Waals surface area contributed by atoms with Gasteiger partial charge in [-0.3, -0.25) is 4.79 Å². The Morgan fingerprint density at radius 2 is 2.05 bits per heavy atom. The Bertz CT molecular complexity index is 435. The van der Waals surface area contributed by atoms with Crippen LogP contribution in [0.5, 0.6) is 5.75 Å². The summed E-state index contributed by atoms with van der Waals surface area (Å²) in [5.41, 5.74) is 1.06. The summed E-state index contributed by atoms with van der Waals surface area (Å²) < 4.78 is 6.19. The van der Waals surface area contributed by atoms with E-state index in [1.54, 1.807) is 7.11 Å². The first-order valence-corrected chi connectivity index (χ1v) is 7.09. The highest BCUT2D eigenvalue weighted by Gasteiger charge is 2.13. The molecule has 0 radical (unpaired) electrons. The number of nitrogens with one attached hydrogen (secondary N) is 2. The second-order valence-electron chi connectivity index (χ2n) is 4.72. The van der Waals surface area contributed by atoms with Gasteiger partial charge in [0.15, 0.2) is 0 Å². The Balaban J connectivity index is 2.58. The fourth-order valence-corrected chi connectivity index (χ4v) is 1.97. The molecular weight excluding hydrogens is 308 g/mol. The van der Waals surface area contributed by atoms with Gasteiger partial charge in [0.1, 0.15) is 5.75 Å². The molecule has 0 spiro atoms. The number of hydrogen-bond donors (Lipinski definition) is 2. The van der Waals surface area contributed by atoms with Crippen molar-refractivity contribution < 1.29 is 9.53 Å². The lowest BCUT2D eigenvalue weighted by Crippen LogP contribution is -2.44. The minimum absolute atomic E-state index is 0.00835. The van der Waals surface area contributed by atoms with Crippen molar-refractivity contribution in [3.63, 3.8) is 0 Å². The van der Waals surface area contributed by atoms with Crippen molar-refractivity contribution in [1.29, 1.82) is 0 Å². The van der Waals surface area contributed by atoms with Crippen molar-refractivity contribution in [2.75, 3.05) is 7.11 Å². The molecule has 0 aliphatic heterocycles. The highest BCUT2D eigenvalue weighted by molar-refractivity contribution is 9.10. The van der Waals surface area contributed by atoms with Gasteiger partial charge in [-0.2, -0.15) is 0 Å². The summed E-state index contributed by atoms with van der Waals surface area (Å²) in [4.78, 5) is 11.8.